The van der Waals surface area contributed by atoms with Crippen molar-refractivity contribution in [1.29, 1.82) is 0 Å². The molecule has 0 radical (unpaired) electrons. The van der Waals surface area contributed by atoms with Crippen LogP contribution in [0.4, 0.5) is 0 Å². The molecular formula is C17H22N2O7. The second-order valence-electron chi connectivity index (χ2n) is 5.88. The first-order chi connectivity index (χ1) is 12.9. The second-order valence-corrected chi connectivity index (χ2v) is 5.88. The van der Waals surface area contributed by atoms with E-state index in [4.69, 9.17) is 11.3 Å². The molecule has 7 N–H and O–H groups in total. The summed E-state index contributed by atoms with van der Waals surface area (Å²) in [6.07, 6.45) is -5.54. The number of aromatic amines is 1. The largest absolute Gasteiger partial charge is 0.455 e. The van der Waals surface area contributed by atoms with Gasteiger partial charge in [0.15, 0.2) is 12.4 Å². The highest BCUT2D eigenvalue weighted by Crippen LogP contribution is 2.19. The molecule has 142 valence electrons. The highest BCUT2D eigenvalue weighted by molar-refractivity contribution is 5.84. The van der Waals surface area contributed by atoms with Crippen LogP contribution < -0.4 is 5.73 Å². The number of aromatic nitrogens is 1. The molecule has 0 saturated heterocycles. The third kappa shape index (κ3) is 4.45. The van der Waals surface area contributed by atoms with Crippen molar-refractivity contribution in [3.05, 3.63) is 36.0 Å². The number of ether oxygens (including phenoxy) is 1. The van der Waals surface area contributed by atoms with Crippen molar-refractivity contribution >= 4 is 23.2 Å². The van der Waals surface area contributed by atoms with Crippen molar-refractivity contribution in [2.75, 3.05) is 6.61 Å². The third-order valence-electron chi connectivity index (χ3n) is 4.03. The van der Waals surface area contributed by atoms with E-state index in [1.165, 1.54) is 0 Å². The summed E-state index contributed by atoms with van der Waals surface area (Å²) in [4.78, 5) is 26.3. The minimum Gasteiger partial charge on any atom is -0.455 e. The molecule has 0 unspecified atom stereocenters. The Hall–Kier alpha value is -2.30. The van der Waals surface area contributed by atoms with Crippen molar-refractivity contribution < 1.29 is 36.2 Å². The molecule has 1 aromatic carbocycles. The van der Waals surface area contributed by atoms with Gasteiger partial charge >= 0.3 is 5.97 Å². The van der Waals surface area contributed by atoms with Gasteiger partial charge in [-0.1, -0.05) is 18.2 Å². The van der Waals surface area contributed by atoms with E-state index in [2.05, 4.69) is 4.98 Å². The average Bonchev–Trinajstić information content (AvgIpc) is 3.11. The van der Waals surface area contributed by atoms with E-state index in [-0.39, 0.29) is 12.7 Å². The monoisotopic (exact) mass is 367 g/mol. The number of hydrogen-bond donors (Lipinski definition) is 6. The van der Waals surface area contributed by atoms with Gasteiger partial charge < -0.3 is 40.7 Å². The maximum atomic E-state index is 12.4. The summed E-state index contributed by atoms with van der Waals surface area (Å²) in [5.74, 6) is -1.01. The number of benzene rings is 1. The van der Waals surface area contributed by atoms with Crippen molar-refractivity contribution in [1.82, 2.24) is 4.98 Å². The summed E-state index contributed by atoms with van der Waals surface area (Å²) in [6.45, 7) is -0.865. The Balaban J connectivity index is 2.15. The molecule has 9 nitrogen and oxygen atoms in total. The van der Waals surface area contributed by atoms with E-state index in [0.29, 0.717) is 0 Å². The van der Waals surface area contributed by atoms with Gasteiger partial charge in [-0.15, -0.1) is 0 Å². The lowest BCUT2D eigenvalue weighted by Gasteiger charge is -2.28. The molecule has 2 rings (SSSR count). The Morgan fingerprint density at radius 1 is 1.35 bits per heavy atom. The van der Waals surface area contributed by atoms with Crippen LogP contribution in [0.2, 0.25) is 1.41 Å². The van der Waals surface area contributed by atoms with E-state index in [1.807, 2.05) is 30.0 Å². The van der Waals surface area contributed by atoms with Gasteiger partial charge in [0, 0.05) is 23.5 Å². The number of esters is 1. The summed E-state index contributed by atoms with van der Waals surface area (Å²) in [5, 5.41) is 38.8. The molecule has 0 amide bonds. The van der Waals surface area contributed by atoms with Gasteiger partial charge in [-0.3, -0.25) is 4.79 Å². The number of carbonyl (C=O) groups is 2. The standard InChI is InChI=1S/C17H22N2O7/c18-11(5-9-6-19-12-4-2-1-3-10(9)12)17(25)26-16(14(23)8-21)15(24)13(22)7-20/h1-4,6,8,11,13-16,19-20,22-24H,5,7,18H2/t11-,13+,14-,15+,16+/m0/s1/i/hD. The average molecular weight is 367 g/mol. The van der Waals surface area contributed by atoms with Crippen molar-refractivity contribution in [2.45, 2.75) is 36.9 Å². The Morgan fingerprint density at radius 2 is 2.08 bits per heavy atom. The Bertz CT molecular complexity index is 769. The molecule has 0 spiro atoms. The van der Waals surface area contributed by atoms with Crippen LogP contribution in [0.3, 0.4) is 0 Å². The second kappa shape index (κ2) is 8.88. The number of aliphatic hydroxyl groups is 4. The zero-order valence-electron chi connectivity index (χ0n) is 14.8. The zero-order valence-corrected chi connectivity index (χ0v) is 13.8. The summed E-state index contributed by atoms with van der Waals surface area (Å²) in [6, 6.07) is 6.20. The van der Waals surface area contributed by atoms with Crippen molar-refractivity contribution in [3.8, 4) is 0 Å². The lowest BCUT2D eigenvalue weighted by atomic mass is 10.0. The van der Waals surface area contributed by atoms with Crippen LogP contribution in [-0.4, -0.2) is 74.7 Å². The molecule has 1 heterocycles. The fourth-order valence-electron chi connectivity index (χ4n) is 2.57. The predicted molar refractivity (Wildman–Crippen MR) is 91.0 cm³/mol. The Labute approximate surface area is 150 Å². The molecule has 0 bridgehead atoms. The minimum absolute atomic E-state index is 0.0358. The highest BCUT2D eigenvalue weighted by atomic mass is 16.6. The summed E-state index contributed by atoms with van der Waals surface area (Å²) in [7, 11) is 0. The van der Waals surface area contributed by atoms with Crippen LogP contribution in [-0.2, 0) is 20.7 Å². The van der Waals surface area contributed by atoms with Crippen LogP contribution in [0.5, 0.6) is 0 Å². The van der Waals surface area contributed by atoms with Gasteiger partial charge in [-0.25, -0.2) is 0 Å². The van der Waals surface area contributed by atoms with Crippen LogP contribution in [0, 0.1) is 0 Å². The van der Waals surface area contributed by atoms with E-state index in [9.17, 15) is 24.9 Å². The summed E-state index contributed by atoms with van der Waals surface area (Å²) in [5.41, 5.74) is 3.63. The van der Waals surface area contributed by atoms with Crippen molar-refractivity contribution in [3.63, 3.8) is 0 Å². The topological polar surface area (TPSA) is 166 Å². The van der Waals surface area contributed by atoms with Gasteiger partial charge in [0.05, 0.1) is 6.61 Å². The number of nitrogens with two attached hydrogens (primary N) is 1. The fraction of sp³-hybridized carbons (Fsp3) is 0.412. The highest BCUT2D eigenvalue weighted by Gasteiger charge is 2.36. The summed E-state index contributed by atoms with van der Waals surface area (Å²) < 4.78 is 12.3. The van der Waals surface area contributed by atoms with E-state index in [0.717, 1.165) is 16.5 Å². The molecule has 2 aromatic rings. The molecule has 26 heavy (non-hydrogen) atoms. The number of hydrogen-bond acceptors (Lipinski definition) is 8. The molecule has 9 heteroatoms. The number of rotatable bonds is 10. The minimum atomic E-state index is -1.91. The number of para-hydroxylation sites is 1. The van der Waals surface area contributed by atoms with Crippen LogP contribution >= 0.6 is 0 Å². The maximum absolute atomic E-state index is 12.4. The van der Waals surface area contributed by atoms with Crippen LogP contribution in [0.25, 0.3) is 10.9 Å². The molecule has 0 aliphatic rings. The Morgan fingerprint density at radius 3 is 2.73 bits per heavy atom. The van der Waals surface area contributed by atoms with Gasteiger partial charge in [0.2, 0.25) is 0 Å². The quantitative estimate of drug-likeness (QED) is 0.212. The fourth-order valence-corrected chi connectivity index (χ4v) is 2.57. The maximum Gasteiger partial charge on any atom is 0.323 e. The first-order valence-corrected chi connectivity index (χ1v) is 7.96. The van der Waals surface area contributed by atoms with E-state index >= 15 is 0 Å². The van der Waals surface area contributed by atoms with Crippen LogP contribution in [0.15, 0.2) is 30.5 Å². The van der Waals surface area contributed by atoms with Crippen molar-refractivity contribution in [2.24, 2.45) is 5.73 Å². The van der Waals surface area contributed by atoms with E-state index in [1.54, 1.807) is 6.20 Å². The first kappa shape index (κ1) is 18.5. The number of aliphatic hydroxyl groups excluding tert-OH is 4. The SMILES string of the molecule is [2H]N[C@@H](Cc1c[nH]c2ccccc12)C(=O)O[C@@H]([C@H](O)[C@H](O)CO)[C@@H](O)C=O. The third-order valence-corrected chi connectivity index (χ3v) is 4.03. The number of fused-ring (bicyclic) bond motifs is 1. The zero-order chi connectivity index (χ0) is 20.0. The number of nitrogens with one attached hydrogen (secondary N) is 1. The number of carbonyl (C=O) groups excluding carboxylic acids is 2. The van der Waals surface area contributed by atoms with Gasteiger partial charge in [0.1, 0.15) is 25.8 Å². The lowest BCUT2D eigenvalue weighted by molar-refractivity contribution is -0.175. The number of H-pyrrole nitrogens is 1. The molecule has 0 aliphatic carbocycles. The molecule has 0 aliphatic heterocycles. The lowest BCUT2D eigenvalue weighted by Crippen LogP contribution is -2.51. The van der Waals surface area contributed by atoms with Crippen LogP contribution in [0.1, 0.15) is 5.56 Å². The van der Waals surface area contributed by atoms with E-state index < -0.39 is 43.0 Å². The normalized spacial score (nSPS) is 17.8. The molecule has 0 saturated carbocycles. The molecule has 0 fully saturated rings. The molecule has 1 aromatic heterocycles. The summed E-state index contributed by atoms with van der Waals surface area (Å²) >= 11 is 0. The molecule has 5 atom stereocenters. The van der Waals surface area contributed by atoms with Gasteiger partial charge in [0.25, 0.3) is 0 Å². The first-order valence-electron chi connectivity index (χ1n) is 8.46. The Kier molecular flexibility index (Phi) is 6.31. The van der Waals surface area contributed by atoms with Gasteiger partial charge in [-0.05, 0) is 11.6 Å². The number of aldehydes is 1. The van der Waals surface area contributed by atoms with Gasteiger partial charge in [-0.2, -0.15) is 0 Å². The predicted octanol–water partition coefficient (Wildman–Crippen LogP) is -1.78. The smallest absolute Gasteiger partial charge is 0.323 e. The molecular weight excluding hydrogens is 344 g/mol.